The maximum Gasteiger partial charge on any atom is 0.242 e. The standard InChI is InChI=1S/C14H17FN2O2/c1-2-12-14(19)16-7-8-17(12)13(18)9-10-5-3-4-6-11(10)15/h3-6,12H,2,7-9H2,1H3,(H,16,19). The molecule has 1 N–H and O–H groups in total. The smallest absolute Gasteiger partial charge is 0.242 e. The summed E-state index contributed by atoms with van der Waals surface area (Å²) in [6.07, 6.45) is 0.561. The lowest BCUT2D eigenvalue weighted by molar-refractivity contribution is -0.142. The highest BCUT2D eigenvalue weighted by Crippen LogP contribution is 2.13. The molecule has 1 aromatic rings. The summed E-state index contributed by atoms with van der Waals surface area (Å²) in [4.78, 5) is 25.4. The fraction of sp³-hybridized carbons (Fsp3) is 0.429. The predicted molar refractivity (Wildman–Crippen MR) is 68.9 cm³/mol. The molecule has 0 radical (unpaired) electrons. The van der Waals surface area contributed by atoms with Crippen LogP contribution in [-0.2, 0) is 16.0 Å². The second-order valence-corrected chi connectivity index (χ2v) is 4.57. The minimum absolute atomic E-state index is 0.00352. The third-order valence-corrected chi connectivity index (χ3v) is 3.34. The van der Waals surface area contributed by atoms with Crippen molar-refractivity contribution in [2.45, 2.75) is 25.8 Å². The molecular formula is C14H17FN2O2. The largest absolute Gasteiger partial charge is 0.353 e. The predicted octanol–water partition coefficient (Wildman–Crippen LogP) is 1.11. The van der Waals surface area contributed by atoms with Gasteiger partial charge in [-0.05, 0) is 18.1 Å². The van der Waals surface area contributed by atoms with Crippen molar-refractivity contribution in [1.82, 2.24) is 10.2 Å². The molecule has 19 heavy (non-hydrogen) atoms. The molecule has 1 atom stereocenters. The topological polar surface area (TPSA) is 49.4 Å². The Hall–Kier alpha value is -1.91. The van der Waals surface area contributed by atoms with E-state index in [1.54, 1.807) is 23.1 Å². The van der Waals surface area contributed by atoms with E-state index in [1.165, 1.54) is 6.07 Å². The van der Waals surface area contributed by atoms with Crippen LogP contribution in [0.4, 0.5) is 4.39 Å². The molecule has 2 rings (SSSR count). The first-order valence-corrected chi connectivity index (χ1v) is 6.44. The normalized spacial score (nSPS) is 19.2. The molecule has 4 nitrogen and oxygen atoms in total. The Kier molecular flexibility index (Phi) is 4.14. The van der Waals surface area contributed by atoms with Crippen LogP contribution in [0.1, 0.15) is 18.9 Å². The van der Waals surface area contributed by atoms with Crippen LogP contribution in [0.2, 0.25) is 0 Å². The van der Waals surface area contributed by atoms with E-state index in [0.717, 1.165) is 0 Å². The van der Waals surface area contributed by atoms with E-state index in [2.05, 4.69) is 5.32 Å². The lowest BCUT2D eigenvalue weighted by Gasteiger charge is -2.34. The van der Waals surface area contributed by atoms with Crippen LogP contribution in [0.25, 0.3) is 0 Å². The monoisotopic (exact) mass is 264 g/mol. The maximum absolute atomic E-state index is 13.5. The number of benzene rings is 1. The molecule has 1 aromatic carbocycles. The third kappa shape index (κ3) is 2.92. The summed E-state index contributed by atoms with van der Waals surface area (Å²) in [6, 6.07) is 5.78. The number of hydrogen-bond donors (Lipinski definition) is 1. The van der Waals surface area contributed by atoms with Crippen LogP contribution in [0.3, 0.4) is 0 Å². The van der Waals surface area contributed by atoms with E-state index in [0.29, 0.717) is 25.1 Å². The van der Waals surface area contributed by atoms with Gasteiger partial charge in [0.15, 0.2) is 0 Å². The Morgan fingerprint density at radius 1 is 1.47 bits per heavy atom. The van der Waals surface area contributed by atoms with Gasteiger partial charge in [0.25, 0.3) is 0 Å². The van der Waals surface area contributed by atoms with Crippen molar-refractivity contribution in [3.05, 3.63) is 35.6 Å². The zero-order valence-electron chi connectivity index (χ0n) is 10.9. The molecule has 0 spiro atoms. The Morgan fingerprint density at radius 3 is 2.89 bits per heavy atom. The molecule has 1 saturated heterocycles. The average molecular weight is 264 g/mol. The molecule has 0 saturated carbocycles. The Balaban J connectivity index is 2.11. The molecule has 1 unspecified atom stereocenters. The van der Waals surface area contributed by atoms with Crippen molar-refractivity contribution in [3.63, 3.8) is 0 Å². The van der Waals surface area contributed by atoms with Gasteiger partial charge in [-0.25, -0.2) is 4.39 Å². The highest BCUT2D eigenvalue weighted by molar-refractivity contribution is 5.89. The zero-order valence-corrected chi connectivity index (χ0v) is 10.9. The van der Waals surface area contributed by atoms with Gasteiger partial charge in [-0.15, -0.1) is 0 Å². The van der Waals surface area contributed by atoms with Crippen LogP contribution >= 0.6 is 0 Å². The van der Waals surface area contributed by atoms with Crippen molar-refractivity contribution >= 4 is 11.8 Å². The maximum atomic E-state index is 13.5. The second-order valence-electron chi connectivity index (χ2n) is 4.57. The molecule has 1 aliphatic rings. The Morgan fingerprint density at radius 2 is 2.21 bits per heavy atom. The van der Waals surface area contributed by atoms with Gasteiger partial charge in [-0.2, -0.15) is 0 Å². The highest BCUT2D eigenvalue weighted by Gasteiger charge is 2.31. The zero-order chi connectivity index (χ0) is 13.8. The summed E-state index contributed by atoms with van der Waals surface area (Å²) < 4.78 is 13.5. The van der Waals surface area contributed by atoms with Crippen molar-refractivity contribution in [2.24, 2.45) is 0 Å². The van der Waals surface area contributed by atoms with Gasteiger partial charge in [0.2, 0.25) is 11.8 Å². The number of carbonyl (C=O) groups excluding carboxylic acids is 2. The molecule has 2 amide bonds. The first kappa shape index (κ1) is 13.5. The number of nitrogens with one attached hydrogen (secondary N) is 1. The summed E-state index contributed by atoms with van der Waals surface area (Å²) in [5, 5.41) is 2.74. The second kappa shape index (κ2) is 5.82. The SMILES string of the molecule is CCC1C(=O)NCCN1C(=O)Cc1ccccc1F. The summed E-state index contributed by atoms with van der Waals surface area (Å²) >= 11 is 0. The minimum atomic E-state index is -0.437. The fourth-order valence-corrected chi connectivity index (χ4v) is 2.33. The molecule has 1 aliphatic heterocycles. The van der Waals surface area contributed by atoms with E-state index in [-0.39, 0.29) is 24.1 Å². The molecular weight excluding hydrogens is 247 g/mol. The number of piperazine rings is 1. The van der Waals surface area contributed by atoms with Gasteiger partial charge in [0.1, 0.15) is 11.9 Å². The van der Waals surface area contributed by atoms with Gasteiger partial charge in [0, 0.05) is 13.1 Å². The van der Waals surface area contributed by atoms with E-state index < -0.39 is 6.04 Å². The number of halogens is 1. The molecule has 0 aromatic heterocycles. The van der Waals surface area contributed by atoms with Gasteiger partial charge in [-0.3, -0.25) is 9.59 Å². The molecule has 0 aliphatic carbocycles. The number of amides is 2. The Bertz CT molecular complexity index is 490. The van der Waals surface area contributed by atoms with Gasteiger partial charge in [-0.1, -0.05) is 25.1 Å². The summed E-state index contributed by atoms with van der Waals surface area (Å²) in [5.74, 6) is -0.715. The van der Waals surface area contributed by atoms with Gasteiger partial charge < -0.3 is 10.2 Å². The first-order valence-electron chi connectivity index (χ1n) is 6.44. The molecule has 5 heteroatoms. The quantitative estimate of drug-likeness (QED) is 0.889. The lowest BCUT2D eigenvalue weighted by Crippen LogP contribution is -2.57. The Labute approximate surface area is 111 Å². The van der Waals surface area contributed by atoms with E-state index >= 15 is 0 Å². The van der Waals surface area contributed by atoms with E-state index in [1.807, 2.05) is 6.92 Å². The first-order chi connectivity index (χ1) is 9.13. The molecule has 1 heterocycles. The summed E-state index contributed by atoms with van der Waals surface area (Å²) in [6.45, 7) is 2.80. The lowest BCUT2D eigenvalue weighted by atomic mass is 10.1. The van der Waals surface area contributed by atoms with Crippen LogP contribution in [0.5, 0.6) is 0 Å². The number of carbonyl (C=O) groups is 2. The van der Waals surface area contributed by atoms with Crippen molar-refractivity contribution in [2.75, 3.05) is 13.1 Å². The molecule has 1 fully saturated rings. The number of rotatable bonds is 3. The van der Waals surface area contributed by atoms with Gasteiger partial charge in [0.05, 0.1) is 6.42 Å². The van der Waals surface area contributed by atoms with Crippen molar-refractivity contribution < 1.29 is 14.0 Å². The average Bonchev–Trinajstić information content (AvgIpc) is 2.41. The van der Waals surface area contributed by atoms with Crippen LogP contribution in [0, 0.1) is 5.82 Å². The highest BCUT2D eigenvalue weighted by atomic mass is 19.1. The summed E-state index contributed by atoms with van der Waals surface area (Å²) in [7, 11) is 0. The number of hydrogen-bond acceptors (Lipinski definition) is 2. The third-order valence-electron chi connectivity index (χ3n) is 3.34. The van der Waals surface area contributed by atoms with Crippen LogP contribution in [0.15, 0.2) is 24.3 Å². The van der Waals surface area contributed by atoms with Gasteiger partial charge >= 0.3 is 0 Å². The van der Waals surface area contributed by atoms with E-state index in [9.17, 15) is 14.0 Å². The van der Waals surface area contributed by atoms with Crippen LogP contribution in [-0.4, -0.2) is 35.8 Å². The van der Waals surface area contributed by atoms with Crippen LogP contribution < -0.4 is 5.32 Å². The van der Waals surface area contributed by atoms with Crippen molar-refractivity contribution in [1.29, 1.82) is 0 Å². The van der Waals surface area contributed by atoms with Crippen molar-refractivity contribution in [3.8, 4) is 0 Å². The molecule has 102 valence electrons. The summed E-state index contributed by atoms with van der Waals surface area (Å²) in [5.41, 5.74) is 0.369. The van der Waals surface area contributed by atoms with E-state index in [4.69, 9.17) is 0 Å². The number of nitrogens with zero attached hydrogens (tertiary/aromatic N) is 1. The molecule has 0 bridgehead atoms. The minimum Gasteiger partial charge on any atom is -0.353 e. The fourth-order valence-electron chi connectivity index (χ4n) is 2.33.